The molecule has 1 heterocycles. The van der Waals surface area contributed by atoms with E-state index in [0.29, 0.717) is 19.6 Å². The van der Waals surface area contributed by atoms with Crippen molar-refractivity contribution in [3.05, 3.63) is 18.7 Å². The van der Waals surface area contributed by atoms with Gasteiger partial charge in [0.05, 0.1) is 31.1 Å². The average Bonchev–Trinajstić information content (AvgIpc) is 2.20. The van der Waals surface area contributed by atoms with Gasteiger partial charge in [-0.2, -0.15) is 0 Å². The molecule has 0 spiro atoms. The lowest BCUT2D eigenvalue weighted by atomic mass is 10.4. The van der Waals surface area contributed by atoms with E-state index in [1.54, 1.807) is 19.3 Å². The Kier molecular flexibility index (Phi) is 4.40. The Hall–Kier alpha value is -1.65. The van der Waals surface area contributed by atoms with Crippen molar-refractivity contribution >= 4 is 11.7 Å². The van der Waals surface area contributed by atoms with Gasteiger partial charge in [-0.25, -0.2) is 9.97 Å². The molecule has 1 aromatic rings. The third kappa shape index (κ3) is 3.84. The number of hydrogen-bond donors (Lipinski definition) is 1. The molecule has 5 nitrogen and oxygen atoms in total. The van der Waals surface area contributed by atoms with Gasteiger partial charge in [0.25, 0.3) is 0 Å². The Morgan fingerprint density at radius 2 is 2.21 bits per heavy atom. The van der Waals surface area contributed by atoms with Gasteiger partial charge in [-0.1, -0.05) is 0 Å². The Bertz CT molecular complexity index is 277. The molecule has 0 aliphatic rings. The first-order chi connectivity index (χ1) is 6.83. The highest BCUT2D eigenvalue weighted by molar-refractivity contribution is 5.69. The van der Waals surface area contributed by atoms with Gasteiger partial charge in [0.1, 0.15) is 6.33 Å². The van der Waals surface area contributed by atoms with E-state index < -0.39 is 0 Å². The zero-order valence-corrected chi connectivity index (χ0v) is 8.06. The molecule has 0 saturated carbocycles. The fourth-order valence-electron chi connectivity index (χ4n) is 0.932. The summed E-state index contributed by atoms with van der Waals surface area (Å²) in [5, 5.41) is 3.01. The van der Waals surface area contributed by atoms with Crippen LogP contribution in [0.25, 0.3) is 0 Å². The predicted octanol–water partition coefficient (Wildman–Crippen LogP) is 0.842. The topological polar surface area (TPSA) is 64.1 Å². The van der Waals surface area contributed by atoms with Crippen molar-refractivity contribution < 1.29 is 9.53 Å². The molecule has 1 N–H and O–H groups in total. The van der Waals surface area contributed by atoms with Gasteiger partial charge < -0.3 is 10.1 Å². The second kappa shape index (κ2) is 5.90. The van der Waals surface area contributed by atoms with Crippen LogP contribution in [0.15, 0.2) is 18.7 Å². The molecule has 14 heavy (non-hydrogen) atoms. The van der Waals surface area contributed by atoms with Crippen LogP contribution in [-0.2, 0) is 9.53 Å². The summed E-state index contributed by atoms with van der Waals surface area (Å²) in [7, 11) is 0. The fraction of sp³-hybridized carbons (Fsp3) is 0.444. The molecule has 0 aromatic carbocycles. The number of esters is 1. The highest BCUT2D eigenvalue weighted by Gasteiger charge is 2.00. The second-order valence-electron chi connectivity index (χ2n) is 2.61. The van der Waals surface area contributed by atoms with E-state index in [-0.39, 0.29) is 5.97 Å². The molecule has 0 aliphatic carbocycles. The second-order valence-corrected chi connectivity index (χ2v) is 2.61. The summed E-state index contributed by atoms with van der Waals surface area (Å²) in [5.41, 5.74) is 0.803. The van der Waals surface area contributed by atoms with Crippen LogP contribution in [0.5, 0.6) is 0 Å². The maximum Gasteiger partial charge on any atom is 0.307 e. The first-order valence-electron chi connectivity index (χ1n) is 4.47. The van der Waals surface area contributed by atoms with Gasteiger partial charge in [0, 0.05) is 6.54 Å². The summed E-state index contributed by atoms with van der Waals surface area (Å²) in [6.07, 6.45) is 5.11. The highest BCUT2D eigenvalue weighted by atomic mass is 16.5. The Morgan fingerprint density at radius 1 is 1.50 bits per heavy atom. The summed E-state index contributed by atoms with van der Waals surface area (Å²) in [5.74, 6) is -0.197. The van der Waals surface area contributed by atoms with E-state index in [1.807, 2.05) is 0 Å². The number of aromatic nitrogens is 2. The van der Waals surface area contributed by atoms with E-state index >= 15 is 0 Å². The quantitative estimate of drug-likeness (QED) is 0.705. The van der Waals surface area contributed by atoms with E-state index in [9.17, 15) is 4.79 Å². The van der Waals surface area contributed by atoms with Crippen molar-refractivity contribution in [1.29, 1.82) is 0 Å². The molecule has 0 radical (unpaired) electrons. The van der Waals surface area contributed by atoms with Crippen LogP contribution >= 0.6 is 0 Å². The summed E-state index contributed by atoms with van der Waals surface area (Å²) < 4.78 is 4.77. The number of carbonyl (C=O) groups excluding carboxylic acids is 1. The van der Waals surface area contributed by atoms with Crippen LogP contribution < -0.4 is 5.32 Å². The Labute approximate surface area is 82.5 Å². The summed E-state index contributed by atoms with van der Waals surface area (Å²) in [6.45, 7) is 2.75. The minimum atomic E-state index is -0.197. The third-order valence-electron chi connectivity index (χ3n) is 1.52. The van der Waals surface area contributed by atoms with Crippen LogP contribution in [0.4, 0.5) is 5.69 Å². The van der Waals surface area contributed by atoms with Crippen molar-refractivity contribution in [3.63, 3.8) is 0 Å². The molecule has 0 saturated heterocycles. The Morgan fingerprint density at radius 3 is 2.86 bits per heavy atom. The summed E-state index contributed by atoms with van der Waals surface area (Å²) in [6, 6.07) is 0. The molecule has 0 atom stereocenters. The maximum absolute atomic E-state index is 10.9. The molecule has 5 heteroatoms. The number of carbonyl (C=O) groups is 1. The monoisotopic (exact) mass is 195 g/mol. The van der Waals surface area contributed by atoms with Gasteiger partial charge >= 0.3 is 5.97 Å². The van der Waals surface area contributed by atoms with Crippen molar-refractivity contribution in [2.75, 3.05) is 18.5 Å². The maximum atomic E-state index is 10.9. The number of rotatable bonds is 5. The minimum Gasteiger partial charge on any atom is -0.466 e. The van der Waals surface area contributed by atoms with E-state index in [0.717, 1.165) is 5.69 Å². The van der Waals surface area contributed by atoms with Crippen LogP contribution in [0, 0.1) is 0 Å². The molecule has 0 unspecified atom stereocenters. The van der Waals surface area contributed by atoms with E-state index in [1.165, 1.54) is 6.33 Å². The molecule has 0 aliphatic heterocycles. The molecule has 1 aromatic heterocycles. The zero-order chi connectivity index (χ0) is 10.2. The SMILES string of the molecule is CCOC(=O)CCNc1cncnc1. The first kappa shape index (κ1) is 10.4. The van der Waals surface area contributed by atoms with Crippen LogP contribution in [-0.4, -0.2) is 29.1 Å². The lowest BCUT2D eigenvalue weighted by Gasteiger charge is -2.04. The molecule has 76 valence electrons. The van der Waals surface area contributed by atoms with Gasteiger partial charge in [-0.05, 0) is 6.92 Å². The van der Waals surface area contributed by atoms with Gasteiger partial charge in [-0.15, -0.1) is 0 Å². The van der Waals surface area contributed by atoms with Crippen LogP contribution in [0.3, 0.4) is 0 Å². The number of anilines is 1. The molecule has 1 rings (SSSR count). The lowest BCUT2D eigenvalue weighted by molar-refractivity contribution is -0.142. The normalized spacial score (nSPS) is 9.50. The largest absolute Gasteiger partial charge is 0.466 e. The Balaban J connectivity index is 2.19. The molecular formula is C9H13N3O2. The highest BCUT2D eigenvalue weighted by Crippen LogP contribution is 1.99. The summed E-state index contributed by atoms with van der Waals surface area (Å²) >= 11 is 0. The molecule has 0 amide bonds. The molecule has 0 bridgehead atoms. The molecule has 0 fully saturated rings. The van der Waals surface area contributed by atoms with Crippen molar-refractivity contribution in [2.45, 2.75) is 13.3 Å². The van der Waals surface area contributed by atoms with Crippen LogP contribution in [0.2, 0.25) is 0 Å². The average molecular weight is 195 g/mol. The van der Waals surface area contributed by atoms with Gasteiger partial charge in [0.2, 0.25) is 0 Å². The fourth-order valence-corrected chi connectivity index (χ4v) is 0.932. The minimum absolute atomic E-state index is 0.197. The summed E-state index contributed by atoms with van der Waals surface area (Å²) in [4.78, 5) is 18.6. The van der Waals surface area contributed by atoms with Crippen molar-refractivity contribution in [1.82, 2.24) is 9.97 Å². The predicted molar refractivity (Wildman–Crippen MR) is 51.8 cm³/mol. The third-order valence-corrected chi connectivity index (χ3v) is 1.52. The number of hydrogen-bond acceptors (Lipinski definition) is 5. The van der Waals surface area contributed by atoms with Crippen molar-refractivity contribution in [3.8, 4) is 0 Å². The number of ether oxygens (including phenoxy) is 1. The smallest absolute Gasteiger partial charge is 0.307 e. The first-order valence-corrected chi connectivity index (χ1v) is 4.47. The lowest BCUT2D eigenvalue weighted by Crippen LogP contribution is -2.11. The van der Waals surface area contributed by atoms with E-state index in [2.05, 4.69) is 15.3 Å². The van der Waals surface area contributed by atoms with E-state index in [4.69, 9.17) is 4.74 Å². The van der Waals surface area contributed by atoms with Crippen LogP contribution in [0.1, 0.15) is 13.3 Å². The van der Waals surface area contributed by atoms with Gasteiger partial charge in [-0.3, -0.25) is 4.79 Å². The zero-order valence-electron chi connectivity index (χ0n) is 8.06. The van der Waals surface area contributed by atoms with Gasteiger partial charge in [0.15, 0.2) is 0 Å². The standard InChI is InChI=1S/C9H13N3O2/c1-2-14-9(13)3-4-12-8-5-10-7-11-6-8/h5-7,12H,2-4H2,1H3. The van der Waals surface area contributed by atoms with Crippen molar-refractivity contribution in [2.24, 2.45) is 0 Å². The number of nitrogens with one attached hydrogen (secondary N) is 1. The number of nitrogens with zero attached hydrogens (tertiary/aromatic N) is 2. The molecular weight excluding hydrogens is 182 g/mol.